The number of ether oxygens (including phenoxy) is 2. The Morgan fingerprint density at radius 2 is 2.20 bits per heavy atom. The highest BCUT2D eigenvalue weighted by Gasteiger charge is 2.37. The molecule has 8 nitrogen and oxygen atoms in total. The first-order valence-corrected chi connectivity index (χ1v) is 12.6. The van der Waals surface area contributed by atoms with Crippen molar-refractivity contribution in [2.75, 3.05) is 53.1 Å². The number of methoxy groups -OCH3 is 1. The highest BCUT2D eigenvalue weighted by atomic mass is 35.5. The van der Waals surface area contributed by atoms with Gasteiger partial charge in [-0.05, 0) is 50.0 Å². The molecule has 1 amide bonds. The van der Waals surface area contributed by atoms with E-state index in [2.05, 4.69) is 15.8 Å². The lowest BCUT2D eigenvalue weighted by Gasteiger charge is -2.41. The van der Waals surface area contributed by atoms with Gasteiger partial charge in [0, 0.05) is 45.4 Å². The van der Waals surface area contributed by atoms with Gasteiger partial charge in [-0.2, -0.15) is 5.26 Å². The Balaban J connectivity index is 1.56. The van der Waals surface area contributed by atoms with E-state index in [0.29, 0.717) is 62.0 Å². The zero-order chi connectivity index (χ0) is 25.3. The molecule has 1 N–H and O–H groups in total. The summed E-state index contributed by atoms with van der Waals surface area (Å²) in [5.41, 5.74) is 0.688. The third kappa shape index (κ3) is 7.73. The highest BCUT2D eigenvalue weighted by Crippen LogP contribution is 2.35. The van der Waals surface area contributed by atoms with E-state index in [4.69, 9.17) is 32.8 Å². The smallest absolute Gasteiger partial charge is 0.407 e. The van der Waals surface area contributed by atoms with Gasteiger partial charge in [-0.25, -0.2) is 9.79 Å². The van der Waals surface area contributed by atoms with Gasteiger partial charge in [0.15, 0.2) is 0 Å². The number of carbonyl (C=O) groups is 1. The van der Waals surface area contributed by atoms with Crippen LogP contribution in [0.2, 0.25) is 0 Å². The van der Waals surface area contributed by atoms with E-state index in [1.165, 1.54) is 6.08 Å². The van der Waals surface area contributed by atoms with Crippen LogP contribution in [-0.4, -0.2) is 80.4 Å². The van der Waals surface area contributed by atoms with E-state index in [1.54, 1.807) is 18.3 Å². The van der Waals surface area contributed by atoms with Crippen LogP contribution in [0.1, 0.15) is 38.5 Å². The Bertz CT molecular complexity index is 905. The summed E-state index contributed by atoms with van der Waals surface area (Å²) in [5.74, 6) is 3.09. The van der Waals surface area contributed by atoms with Crippen LogP contribution in [0, 0.1) is 40.9 Å². The maximum atomic E-state index is 12.1. The number of halogens is 1. The predicted molar refractivity (Wildman–Crippen MR) is 135 cm³/mol. The first-order chi connectivity index (χ1) is 16.9. The molecule has 0 radical (unpaired) electrons. The summed E-state index contributed by atoms with van der Waals surface area (Å²) in [6.07, 6.45) is 13.6. The van der Waals surface area contributed by atoms with Crippen molar-refractivity contribution in [1.82, 2.24) is 9.80 Å². The number of aliphatic imine (C=N–C) groups is 1. The van der Waals surface area contributed by atoms with Crippen LogP contribution in [-0.2, 0) is 9.47 Å². The van der Waals surface area contributed by atoms with E-state index in [1.807, 2.05) is 6.07 Å². The molecule has 2 fully saturated rings. The molecule has 9 heteroatoms. The number of hydrogen-bond donors (Lipinski definition) is 1. The van der Waals surface area contributed by atoms with Crippen molar-refractivity contribution in [2.45, 2.75) is 38.5 Å². The molecule has 1 saturated heterocycles. The maximum Gasteiger partial charge on any atom is 0.407 e. The molecule has 1 aliphatic carbocycles. The fourth-order valence-corrected chi connectivity index (χ4v) is 5.66. The SMILES string of the molecule is C#C/C(C#N)=C\C(Cl)=C1/CN(CC2CCCC(CN(CC3(COC)CCOCC3)C(=O)O)C2)C=N1. The molecule has 3 aliphatic rings. The molecule has 190 valence electrons. The zero-order valence-electron chi connectivity index (χ0n) is 20.4. The Kier molecular flexibility index (Phi) is 10.0. The Labute approximate surface area is 213 Å². The number of nitriles is 1. The van der Waals surface area contributed by atoms with E-state index < -0.39 is 6.09 Å². The number of terminal acetylenes is 1. The molecule has 2 unspecified atom stereocenters. The zero-order valence-corrected chi connectivity index (χ0v) is 21.2. The van der Waals surface area contributed by atoms with Gasteiger partial charge in [0.2, 0.25) is 0 Å². The second-order valence-corrected chi connectivity index (χ2v) is 10.3. The minimum absolute atomic E-state index is 0.169. The molecule has 0 bridgehead atoms. The summed E-state index contributed by atoms with van der Waals surface area (Å²) < 4.78 is 11.0. The van der Waals surface area contributed by atoms with E-state index in [-0.39, 0.29) is 11.0 Å². The van der Waals surface area contributed by atoms with Crippen molar-refractivity contribution in [1.29, 1.82) is 5.26 Å². The van der Waals surface area contributed by atoms with Crippen LogP contribution >= 0.6 is 11.6 Å². The third-order valence-electron chi connectivity index (χ3n) is 7.22. The van der Waals surface area contributed by atoms with Crippen molar-refractivity contribution in [3.8, 4) is 18.4 Å². The second-order valence-electron chi connectivity index (χ2n) is 9.89. The van der Waals surface area contributed by atoms with Crippen molar-refractivity contribution < 1.29 is 19.4 Å². The minimum Gasteiger partial charge on any atom is -0.465 e. The van der Waals surface area contributed by atoms with Crippen molar-refractivity contribution in [3.63, 3.8) is 0 Å². The van der Waals surface area contributed by atoms with Gasteiger partial charge < -0.3 is 24.4 Å². The number of allylic oxidation sites excluding steroid dienone is 3. The predicted octanol–water partition coefficient (Wildman–Crippen LogP) is 4.09. The molecule has 2 atom stereocenters. The molecule has 0 spiro atoms. The summed E-state index contributed by atoms with van der Waals surface area (Å²) in [5, 5.41) is 19.3. The lowest BCUT2D eigenvalue weighted by molar-refractivity contribution is -0.0441. The first kappa shape index (κ1) is 27.1. The van der Waals surface area contributed by atoms with Crippen LogP contribution in [0.5, 0.6) is 0 Å². The number of nitrogens with zero attached hydrogens (tertiary/aromatic N) is 4. The lowest BCUT2D eigenvalue weighted by Crippen LogP contribution is -2.48. The molecule has 2 aliphatic heterocycles. The average molecular weight is 503 g/mol. The van der Waals surface area contributed by atoms with Gasteiger partial charge in [-0.3, -0.25) is 0 Å². The summed E-state index contributed by atoms with van der Waals surface area (Å²) in [6.45, 7) is 4.30. The lowest BCUT2D eigenvalue weighted by atomic mass is 9.78. The van der Waals surface area contributed by atoms with E-state index >= 15 is 0 Å². The van der Waals surface area contributed by atoms with Crippen LogP contribution < -0.4 is 0 Å². The van der Waals surface area contributed by atoms with Gasteiger partial charge >= 0.3 is 6.09 Å². The summed E-state index contributed by atoms with van der Waals surface area (Å²) in [4.78, 5) is 20.3. The number of amides is 1. The van der Waals surface area contributed by atoms with Crippen LogP contribution in [0.4, 0.5) is 4.79 Å². The second kappa shape index (κ2) is 13.0. The molecule has 0 aromatic rings. The first-order valence-electron chi connectivity index (χ1n) is 12.2. The maximum absolute atomic E-state index is 12.1. The largest absolute Gasteiger partial charge is 0.465 e. The van der Waals surface area contributed by atoms with E-state index in [0.717, 1.165) is 45.1 Å². The standard InChI is InChI=1S/C26H35ClN4O4/c1-3-20(13-28)12-23(27)24-16-30(19-29-24)14-21-5-4-6-22(11-21)15-31(25(32)33)17-26(18-34-2)7-9-35-10-8-26/h1,12,19,21-22H,4-11,14-18H2,2H3,(H,32,33)/b20-12+,24-23-. The van der Waals surface area contributed by atoms with Crippen LogP contribution in [0.25, 0.3) is 0 Å². The summed E-state index contributed by atoms with van der Waals surface area (Å²) in [6, 6.07) is 1.93. The topological polar surface area (TPSA) is 98.4 Å². The quantitative estimate of drug-likeness (QED) is 0.376. The molecule has 0 aromatic carbocycles. The fourth-order valence-electron chi connectivity index (χ4n) is 5.44. The average Bonchev–Trinajstić information content (AvgIpc) is 3.31. The van der Waals surface area contributed by atoms with Gasteiger partial charge in [0.1, 0.15) is 11.6 Å². The van der Waals surface area contributed by atoms with Gasteiger partial charge in [0.25, 0.3) is 0 Å². The molecular formula is C26H35ClN4O4. The van der Waals surface area contributed by atoms with Gasteiger partial charge in [0.05, 0.1) is 30.2 Å². The molecule has 3 rings (SSSR count). The minimum atomic E-state index is -0.859. The number of hydrogen-bond acceptors (Lipinski definition) is 6. The van der Waals surface area contributed by atoms with Crippen molar-refractivity contribution in [2.24, 2.45) is 22.2 Å². The van der Waals surface area contributed by atoms with Crippen molar-refractivity contribution in [3.05, 3.63) is 22.4 Å². The monoisotopic (exact) mass is 502 g/mol. The Hall–Kier alpha value is -2.52. The van der Waals surface area contributed by atoms with Gasteiger partial charge in [-0.15, -0.1) is 6.42 Å². The van der Waals surface area contributed by atoms with Gasteiger partial charge in [-0.1, -0.05) is 23.9 Å². The fraction of sp³-hybridized carbons (Fsp3) is 0.654. The van der Waals surface area contributed by atoms with Crippen LogP contribution in [0.3, 0.4) is 0 Å². The third-order valence-corrected chi connectivity index (χ3v) is 7.54. The summed E-state index contributed by atoms with van der Waals surface area (Å²) in [7, 11) is 1.68. The highest BCUT2D eigenvalue weighted by molar-refractivity contribution is 6.31. The molecule has 0 aromatic heterocycles. The molecular weight excluding hydrogens is 468 g/mol. The molecule has 2 heterocycles. The molecule has 35 heavy (non-hydrogen) atoms. The van der Waals surface area contributed by atoms with Crippen molar-refractivity contribution >= 4 is 24.0 Å². The summed E-state index contributed by atoms with van der Waals surface area (Å²) >= 11 is 6.31. The van der Waals surface area contributed by atoms with Crippen LogP contribution in [0.15, 0.2) is 27.4 Å². The normalized spacial score (nSPS) is 25.6. The number of carboxylic acid groups (broad SMARTS) is 1. The molecule has 1 saturated carbocycles. The van der Waals surface area contributed by atoms with E-state index in [9.17, 15) is 9.90 Å². The number of rotatable bonds is 9. The Morgan fingerprint density at radius 3 is 2.86 bits per heavy atom. The Morgan fingerprint density at radius 1 is 1.46 bits per heavy atom.